The molecule has 1 rings (SSSR count). The quantitative estimate of drug-likeness (QED) is 0.882. The lowest BCUT2D eigenvalue weighted by Crippen LogP contribution is -2.29. The predicted octanol–water partition coefficient (Wildman–Crippen LogP) is 1.63. The van der Waals surface area contributed by atoms with Crippen molar-refractivity contribution in [2.45, 2.75) is 32.1 Å². The summed E-state index contributed by atoms with van der Waals surface area (Å²) in [6, 6.07) is 0. The van der Waals surface area contributed by atoms with Gasteiger partial charge in [0, 0.05) is 13.6 Å². The molecule has 0 atom stereocenters. The second kappa shape index (κ2) is 5.11. The van der Waals surface area contributed by atoms with Gasteiger partial charge in [0.25, 0.3) is 0 Å². The lowest BCUT2D eigenvalue weighted by atomic mass is 10.2. The minimum Gasteiger partial charge on any atom is -0.478 e. The Kier molecular flexibility index (Phi) is 4.18. The number of carbonyl (C=O) groups is 1. The van der Waals surface area contributed by atoms with E-state index in [0.717, 1.165) is 4.31 Å². The molecule has 1 aromatic heterocycles. The highest BCUT2D eigenvalue weighted by Crippen LogP contribution is 2.28. The van der Waals surface area contributed by atoms with Gasteiger partial charge in [-0.05, 0) is 20.3 Å². The number of nitrogens with zero attached hydrogens (tertiary/aromatic N) is 1. The highest BCUT2D eigenvalue weighted by Gasteiger charge is 2.33. The Bertz CT molecular complexity index is 558. The lowest BCUT2D eigenvalue weighted by molar-refractivity contribution is 0.0691. The second-order valence-corrected chi connectivity index (χ2v) is 6.03. The first-order valence-electron chi connectivity index (χ1n) is 5.53. The molecule has 0 saturated carbocycles. The van der Waals surface area contributed by atoms with Gasteiger partial charge >= 0.3 is 5.97 Å². The lowest BCUT2D eigenvalue weighted by Gasteiger charge is -2.16. The summed E-state index contributed by atoms with van der Waals surface area (Å²) in [6.07, 6.45) is 0.647. The number of aryl methyl sites for hydroxylation is 2. The average Bonchev–Trinajstić information content (AvgIpc) is 2.54. The average molecular weight is 275 g/mol. The van der Waals surface area contributed by atoms with Gasteiger partial charge in [-0.2, -0.15) is 0 Å². The Morgan fingerprint density at radius 3 is 2.33 bits per heavy atom. The van der Waals surface area contributed by atoms with E-state index in [2.05, 4.69) is 0 Å². The Balaban J connectivity index is 3.46. The first kappa shape index (κ1) is 14.7. The summed E-state index contributed by atoms with van der Waals surface area (Å²) in [5.74, 6) is -1.09. The predicted molar refractivity (Wildman–Crippen MR) is 65.2 cm³/mol. The van der Waals surface area contributed by atoms with Crippen LogP contribution in [0.15, 0.2) is 9.31 Å². The van der Waals surface area contributed by atoms with Gasteiger partial charge in [0.1, 0.15) is 22.0 Å². The zero-order chi connectivity index (χ0) is 14.1. The third kappa shape index (κ3) is 2.41. The van der Waals surface area contributed by atoms with Crippen LogP contribution in [0.4, 0.5) is 0 Å². The highest BCUT2D eigenvalue weighted by atomic mass is 32.2. The Labute approximate surface area is 106 Å². The van der Waals surface area contributed by atoms with Crippen LogP contribution >= 0.6 is 0 Å². The summed E-state index contributed by atoms with van der Waals surface area (Å²) in [5, 5.41) is 9.09. The number of sulfonamides is 1. The van der Waals surface area contributed by atoms with E-state index in [1.54, 1.807) is 0 Å². The molecule has 0 aliphatic carbocycles. The monoisotopic (exact) mass is 275 g/mol. The molecular formula is C11H17NO5S. The molecule has 0 aliphatic rings. The summed E-state index contributed by atoms with van der Waals surface area (Å²) in [6.45, 7) is 5.06. The molecule has 0 radical (unpaired) electrons. The summed E-state index contributed by atoms with van der Waals surface area (Å²) < 4.78 is 30.8. The molecular weight excluding hydrogens is 258 g/mol. The molecule has 0 bridgehead atoms. The molecule has 0 unspecified atom stereocenters. The normalized spacial score (nSPS) is 12.1. The van der Waals surface area contributed by atoms with E-state index < -0.39 is 16.0 Å². The number of carboxylic acids is 1. The fourth-order valence-corrected chi connectivity index (χ4v) is 3.44. The van der Waals surface area contributed by atoms with E-state index in [1.165, 1.54) is 20.9 Å². The third-order valence-corrected chi connectivity index (χ3v) is 4.64. The van der Waals surface area contributed by atoms with Gasteiger partial charge in [-0.1, -0.05) is 6.92 Å². The van der Waals surface area contributed by atoms with Gasteiger partial charge in [-0.15, -0.1) is 0 Å². The molecule has 1 N–H and O–H groups in total. The van der Waals surface area contributed by atoms with Crippen molar-refractivity contribution in [3.8, 4) is 0 Å². The summed E-state index contributed by atoms with van der Waals surface area (Å²) in [7, 11) is -2.41. The van der Waals surface area contributed by atoms with Gasteiger partial charge in [-0.3, -0.25) is 0 Å². The number of furan rings is 1. The third-order valence-electron chi connectivity index (χ3n) is 2.63. The molecule has 0 aromatic carbocycles. The molecule has 1 aromatic rings. The molecule has 0 aliphatic heterocycles. The summed E-state index contributed by atoms with van der Waals surface area (Å²) >= 11 is 0. The molecule has 1 heterocycles. The maximum atomic E-state index is 12.3. The van der Waals surface area contributed by atoms with Gasteiger partial charge in [0.05, 0.1) is 0 Å². The minimum atomic E-state index is -3.83. The number of aromatic carboxylic acids is 1. The van der Waals surface area contributed by atoms with E-state index in [9.17, 15) is 13.2 Å². The maximum absolute atomic E-state index is 12.3. The molecule has 0 fully saturated rings. The smallest absolute Gasteiger partial charge is 0.340 e. The van der Waals surface area contributed by atoms with Crippen LogP contribution in [0.1, 0.15) is 35.2 Å². The van der Waals surface area contributed by atoms with E-state index in [-0.39, 0.29) is 22.0 Å². The fraction of sp³-hybridized carbons (Fsp3) is 0.545. The van der Waals surface area contributed by atoms with Crippen LogP contribution in [-0.2, 0) is 10.0 Å². The minimum absolute atomic E-state index is 0.100. The molecule has 0 amide bonds. The van der Waals surface area contributed by atoms with Gasteiger partial charge in [0.2, 0.25) is 10.0 Å². The number of hydrogen-bond acceptors (Lipinski definition) is 4. The van der Waals surface area contributed by atoms with Crippen molar-refractivity contribution in [1.29, 1.82) is 0 Å². The Morgan fingerprint density at radius 2 is 1.89 bits per heavy atom. The number of rotatable bonds is 5. The Morgan fingerprint density at radius 1 is 1.33 bits per heavy atom. The van der Waals surface area contributed by atoms with E-state index in [4.69, 9.17) is 9.52 Å². The first-order chi connectivity index (χ1) is 8.23. The van der Waals surface area contributed by atoms with E-state index in [0.29, 0.717) is 13.0 Å². The largest absolute Gasteiger partial charge is 0.478 e. The van der Waals surface area contributed by atoms with Crippen molar-refractivity contribution in [3.63, 3.8) is 0 Å². The molecule has 6 nitrogen and oxygen atoms in total. The van der Waals surface area contributed by atoms with Gasteiger partial charge < -0.3 is 9.52 Å². The van der Waals surface area contributed by atoms with Gasteiger partial charge in [-0.25, -0.2) is 17.5 Å². The molecule has 7 heteroatoms. The van der Waals surface area contributed by atoms with Crippen LogP contribution in [-0.4, -0.2) is 37.4 Å². The van der Waals surface area contributed by atoms with Crippen LogP contribution in [0.3, 0.4) is 0 Å². The van der Waals surface area contributed by atoms with Gasteiger partial charge in [0.15, 0.2) is 0 Å². The van der Waals surface area contributed by atoms with Crippen molar-refractivity contribution in [2.24, 2.45) is 0 Å². The first-order valence-corrected chi connectivity index (χ1v) is 6.97. The van der Waals surface area contributed by atoms with Crippen molar-refractivity contribution >= 4 is 16.0 Å². The van der Waals surface area contributed by atoms with E-state index in [1.807, 2.05) is 6.92 Å². The van der Waals surface area contributed by atoms with Crippen molar-refractivity contribution in [1.82, 2.24) is 4.31 Å². The van der Waals surface area contributed by atoms with E-state index >= 15 is 0 Å². The molecule has 18 heavy (non-hydrogen) atoms. The van der Waals surface area contributed by atoms with Crippen molar-refractivity contribution in [2.75, 3.05) is 13.6 Å². The SMILES string of the molecule is CCCN(C)S(=O)(=O)c1c(C)oc(C)c1C(=O)O. The highest BCUT2D eigenvalue weighted by molar-refractivity contribution is 7.89. The maximum Gasteiger partial charge on any atom is 0.340 e. The summed E-state index contributed by atoms with van der Waals surface area (Å²) in [4.78, 5) is 10.9. The molecule has 0 saturated heterocycles. The standard InChI is InChI=1S/C11H17NO5S/c1-5-6-12(4)18(15,16)10-8(3)17-7(2)9(10)11(13)14/h5-6H2,1-4H3,(H,13,14). The Hall–Kier alpha value is -1.34. The number of carboxylic acid groups (broad SMARTS) is 1. The fourth-order valence-electron chi connectivity index (χ4n) is 1.81. The number of hydrogen-bond donors (Lipinski definition) is 1. The van der Waals surface area contributed by atoms with Crippen LogP contribution in [0.5, 0.6) is 0 Å². The van der Waals surface area contributed by atoms with Crippen molar-refractivity contribution < 1.29 is 22.7 Å². The van der Waals surface area contributed by atoms with Crippen LogP contribution in [0.25, 0.3) is 0 Å². The second-order valence-electron chi connectivity index (χ2n) is 4.05. The summed E-state index contributed by atoms with van der Waals surface area (Å²) in [5.41, 5.74) is -0.282. The molecule has 0 spiro atoms. The zero-order valence-electron chi connectivity index (χ0n) is 10.8. The molecule has 102 valence electrons. The van der Waals surface area contributed by atoms with Crippen LogP contribution < -0.4 is 0 Å². The van der Waals surface area contributed by atoms with Crippen LogP contribution in [0.2, 0.25) is 0 Å². The van der Waals surface area contributed by atoms with Crippen molar-refractivity contribution in [3.05, 3.63) is 17.1 Å². The topological polar surface area (TPSA) is 87.8 Å². The van der Waals surface area contributed by atoms with Crippen LogP contribution in [0, 0.1) is 13.8 Å². The zero-order valence-corrected chi connectivity index (χ0v) is 11.7.